The number of carbonyl (C=O) groups is 4. The Morgan fingerprint density at radius 1 is 0.814 bits per heavy atom. The van der Waals surface area contributed by atoms with E-state index in [0.29, 0.717) is 35.5 Å². The molecule has 1 heterocycles. The van der Waals surface area contributed by atoms with E-state index in [4.69, 9.17) is 10.8 Å². The van der Waals surface area contributed by atoms with Crippen molar-refractivity contribution >= 4 is 40.2 Å². The number of rotatable bonds is 9. The van der Waals surface area contributed by atoms with Crippen LogP contribution in [0.5, 0.6) is 0 Å². The lowest BCUT2D eigenvalue weighted by Gasteiger charge is -2.21. The Morgan fingerprint density at radius 3 is 2.14 bits per heavy atom. The van der Waals surface area contributed by atoms with Crippen LogP contribution in [0.1, 0.15) is 49.1 Å². The summed E-state index contributed by atoms with van der Waals surface area (Å²) in [6.45, 7) is 1.93. The molecule has 0 saturated heterocycles. The second-order valence-electron chi connectivity index (χ2n) is 9.71. The molecule has 0 saturated carbocycles. The molecule has 0 spiro atoms. The molecule has 0 bridgehead atoms. The Morgan fingerprint density at radius 2 is 1.49 bits per heavy atom. The molecule has 0 radical (unpaired) electrons. The fraction of sp³-hybridized carbons (Fsp3) is 0.118. The summed E-state index contributed by atoms with van der Waals surface area (Å²) in [7, 11) is 0. The number of H-pyrrole nitrogens is 1. The molecule has 5 rings (SSSR count). The predicted octanol–water partition coefficient (Wildman–Crippen LogP) is 5.18. The van der Waals surface area contributed by atoms with E-state index in [0.717, 1.165) is 22.0 Å². The van der Waals surface area contributed by atoms with Crippen molar-refractivity contribution in [3.8, 4) is 0 Å². The van der Waals surface area contributed by atoms with Crippen molar-refractivity contribution in [2.75, 3.05) is 11.4 Å². The number of benzene rings is 4. The van der Waals surface area contributed by atoms with Crippen LogP contribution >= 0.6 is 0 Å². The number of Topliss-reactive ketones (excluding diaryl/α,β-unsaturated/α-hetero) is 1. The number of anilines is 1. The van der Waals surface area contributed by atoms with Gasteiger partial charge in [-0.15, -0.1) is 0 Å². The Bertz CT molecular complexity index is 1730. The minimum Gasteiger partial charge on any atom is -0.480 e. The lowest BCUT2D eigenvalue weighted by molar-refractivity contribution is -0.135. The lowest BCUT2D eigenvalue weighted by Crippen LogP contribution is -2.35. The maximum atomic E-state index is 12.6. The molecular formula is C34H32N4O5. The third kappa shape index (κ3) is 8.02. The number of aromatic nitrogens is 1. The van der Waals surface area contributed by atoms with Crippen LogP contribution in [0.4, 0.5) is 5.69 Å². The Labute approximate surface area is 249 Å². The molecule has 0 aliphatic heterocycles. The van der Waals surface area contributed by atoms with Crippen LogP contribution in [0.25, 0.3) is 10.9 Å². The average Bonchev–Trinajstić information content (AvgIpc) is 3.47. The van der Waals surface area contributed by atoms with Gasteiger partial charge in [0.25, 0.3) is 11.8 Å². The Balaban J connectivity index is 0.000000197. The molecule has 0 fully saturated rings. The van der Waals surface area contributed by atoms with Crippen molar-refractivity contribution in [1.29, 1.82) is 0 Å². The SMILES string of the molecule is CC(=O)c1c[nH]c2ccc(C(=O)NCc3ccccc3)cc12.NCc1cccc(C(=O)N(CC(=O)O)c2ccccc2)c1. The number of carbonyl (C=O) groups excluding carboxylic acids is 3. The summed E-state index contributed by atoms with van der Waals surface area (Å²) in [5.41, 5.74) is 10.4. The molecule has 5 aromatic rings. The molecular weight excluding hydrogens is 544 g/mol. The van der Waals surface area contributed by atoms with Gasteiger partial charge in [0.1, 0.15) is 6.54 Å². The number of ketones is 1. The number of nitrogens with one attached hydrogen (secondary N) is 2. The highest BCUT2D eigenvalue weighted by Gasteiger charge is 2.20. The number of nitrogens with two attached hydrogens (primary N) is 1. The largest absolute Gasteiger partial charge is 0.480 e. The number of aliphatic carboxylic acids is 1. The molecule has 218 valence electrons. The fourth-order valence-corrected chi connectivity index (χ4v) is 4.44. The van der Waals surface area contributed by atoms with Crippen LogP contribution in [-0.4, -0.2) is 40.2 Å². The fourth-order valence-electron chi connectivity index (χ4n) is 4.44. The molecule has 1 aromatic heterocycles. The van der Waals surface area contributed by atoms with Crippen LogP contribution in [0, 0.1) is 0 Å². The van der Waals surface area contributed by atoms with Crippen LogP contribution < -0.4 is 16.0 Å². The minimum atomic E-state index is -1.07. The van der Waals surface area contributed by atoms with Gasteiger partial charge in [-0.3, -0.25) is 24.1 Å². The standard InChI is InChI=1S/C18H16N2O2.C16H16N2O3/c1-12(21)16-11-19-17-8-7-14(9-15(16)17)18(22)20-10-13-5-3-2-4-6-13;17-10-12-5-4-6-13(9-12)16(21)18(11-15(19)20)14-7-2-1-3-8-14/h2-9,11,19H,10H2,1H3,(H,20,22);1-9H,10-11,17H2,(H,19,20). The summed E-state index contributed by atoms with van der Waals surface area (Å²) in [4.78, 5) is 51.7. The number of nitrogens with zero attached hydrogens (tertiary/aromatic N) is 1. The van der Waals surface area contributed by atoms with Gasteiger partial charge in [-0.1, -0.05) is 60.7 Å². The van der Waals surface area contributed by atoms with Crippen molar-refractivity contribution in [3.63, 3.8) is 0 Å². The quantitative estimate of drug-likeness (QED) is 0.178. The van der Waals surface area contributed by atoms with Gasteiger partial charge in [0.15, 0.2) is 5.78 Å². The first kappa shape index (κ1) is 30.4. The van der Waals surface area contributed by atoms with Crippen molar-refractivity contribution < 1.29 is 24.3 Å². The van der Waals surface area contributed by atoms with Gasteiger partial charge in [-0.05, 0) is 60.5 Å². The third-order valence-corrected chi connectivity index (χ3v) is 6.64. The zero-order valence-electron chi connectivity index (χ0n) is 23.6. The normalized spacial score (nSPS) is 10.4. The van der Waals surface area contributed by atoms with Crippen molar-refractivity contribution in [1.82, 2.24) is 10.3 Å². The highest BCUT2D eigenvalue weighted by Crippen LogP contribution is 2.21. The van der Waals surface area contributed by atoms with E-state index in [9.17, 15) is 19.2 Å². The maximum absolute atomic E-state index is 12.6. The van der Waals surface area contributed by atoms with Crippen molar-refractivity contribution in [2.24, 2.45) is 5.73 Å². The topological polar surface area (TPSA) is 146 Å². The molecule has 0 aliphatic rings. The second kappa shape index (κ2) is 14.4. The van der Waals surface area contributed by atoms with Gasteiger partial charge in [0, 0.05) is 52.6 Å². The number of hydrogen-bond acceptors (Lipinski definition) is 5. The van der Waals surface area contributed by atoms with Gasteiger partial charge in [0.2, 0.25) is 0 Å². The zero-order valence-corrected chi connectivity index (χ0v) is 23.6. The lowest BCUT2D eigenvalue weighted by atomic mass is 10.1. The summed E-state index contributed by atoms with van der Waals surface area (Å²) >= 11 is 0. The van der Waals surface area contributed by atoms with E-state index in [2.05, 4.69) is 10.3 Å². The first-order chi connectivity index (χ1) is 20.8. The van der Waals surface area contributed by atoms with Gasteiger partial charge in [0.05, 0.1) is 0 Å². The Kier molecular flexibility index (Phi) is 10.2. The molecule has 0 atom stereocenters. The first-order valence-corrected chi connectivity index (χ1v) is 13.6. The number of fused-ring (bicyclic) bond motifs is 1. The van der Waals surface area contributed by atoms with E-state index >= 15 is 0 Å². The molecule has 9 nitrogen and oxygen atoms in total. The van der Waals surface area contributed by atoms with Gasteiger partial charge in [-0.25, -0.2) is 0 Å². The monoisotopic (exact) mass is 576 g/mol. The number of hydrogen-bond donors (Lipinski definition) is 4. The number of aromatic amines is 1. The van der Waals surface area contributed by atoms with E-state index in [1.165, 1.54) is 11.8 Å². The summed E-state index contributed by atoms with van der Waals surface area (Å²) in [5, 5.41) is 12.7. The highest BCUT2D eigenvalue weighted by atomic mass is 16.4. The van der Waals surface area contributed by atoms with E-state index < -0.39 is 12.5 Å². The number of carboxylic acid groups (broad SMARTS) is 1. The molecule has 9 heteroatoms. The molecule has 4 aromatic carbocycles. The van der Waals surface area contributed by atoms with Crippen molar-refractivity contribution in [3.05, 3.63) is 137 Å². The van der Waals surface area contributed by atoms with Crippen LogP contribution in [-0.2, 0) is 17.9 Å². The maximum Gasteiger partial charge on any atom is 0.323 e. The second-order valence-corrected chi connectivity index (χ2v) is 9.71. The Hall–Kier alpha value is -5.54. The molecule has 0 aliphatic carbocycles. The summed E-state index contributed by atoms with van der Waals surface area (Å²) in [5.74, 6) is -1.60. The molecule has 43 heavy (non-hydrogen) atoms. The average molecular weight is 577 g/mol. The van der Waals surface area contributed by atoms with E-state index in [-0.39, 0.29) is 17.6 Å². The van der Waals surface area contributed by atoms with Crippen molar-refractivity contribution in [2.45, 2.75) is 20.0 Å². The van der Waals surface area contributed by atoms with Crippen LogP contribution in [0.3, 0.4) is 0 Å². The highest BCUT2D eigenvalue weighted by molar-refractivity contribution is 6.09. The van der Waals surface area contributed by atoms with Gasteiger partial charge in [-0.2, -0.15) is 0 Å². The van der Waals surface area contributed by atoms with E-state index in [1.807, 2.05) is 48.5 Å². The molecule has 2 amide bonds. The summed E-state index contributed by atoms with van der Waals surface area (Å²) in [6, 6.07) is 30.7. The number of para-hydroxylation sites is 1. The van der Waals surface area contributed by atoms with Gasteiger partial charge < -0.3 is 21.1 Å². The predicted molar refractivity (Wildman–Crippen MR) is 166 cm³/mol. The summed E-state index contributed by atoms with van der Waals surface area (Å²) < 4.78 is 0. The minimum absolute atomic E-state index is 0.0203. The molecule has 0 unspecified atom stereocenters. The van der Waals surface area contributed by atoms with E-state index in [1.54, 1.807) is 60.8 Å². The molecule has 5 N–H and O–H groups in total. The number of carboxylic acids is 1. The summed E-state index contributed by atoms with van der Waals surface area (Å²) in [6.07, 6.45) is 1.68. The first-order valence-electron chi connectivity index (χ1n) is 13.6. The zero-order chi connectivity index (χ0) is 30.8. The van der Waals surface area contributed by atoms with Gasteiger partial charge >= 0.3 is 5.97 Å². The van der Waals surface area contributed by atoms with Crippen LogP contribution in [0.15, 0.2) is 109 Å². The number of amides is 2. The third-order valence-electron chi connectivity index (χ3n) is 6.64. The smallest absolute Gasteiger partial charge is 0.323 e. The van der Waals surface area contributed by atoms with Crippen LogP contribution in [0.2, 0.25) is 0 Å².